The number of aromatic nitrogens is 3. The van der Waals surface area contributed by atoms with Gasteiger partial charge in [0.25, 0.3) is 0 Å². The summed E-state index contributed by atoms with van der Waals surface area (Å²) in [4.78, 5) is 43.9. The highest BCUT2D eigenvalue weighted by Crippen LogP contribution is 2.34. The second kappa shape index (κ2) is 13.2. The molecule has 2 aliphatic rings. The lowest BCUT2D eigenvalue weighted by molar-refractivity contribution is -0.142. The molecule has 3 aromatic rings. The molecule has 2 aliphatic heterocycles. The van der Waals surface area contributed by atoms with Gasteiger partial charge >= 0.3 is 5.97 Å². The molecule has 8 nitrogen and oxygen atoms in total. The number of hydrogen-bond donors (Lipinski definition) is 1. The molecule has 10 heteroatoms. The number of likely N-dealkylation sites (tertiary alicyclic amines) is 1. The molecule has 5 rings (SSSR count). The van der Waals surface area contributed by atoms with E-state index in [1.54, 1.807) is 17.5 Å². The fraction of sp³-hybridized carbons (Fsp3) is 0.500. The first-order chi connectivity index (χ1) is 18.8. The summed E-state index contributed by atoms with van der Waals surface area (Å²) in [6.45, 7) is 7.37. The summed E-state index contributed by atoms with van der Waals surface area (Å²) in [7, 11) is 0. The number of Topliss-reactive ketones (excluding diaryl/α,β-unsaturated/α-hetero) is 1. The highest BCUT2D eigenvalue weighted by Gasteiger charge is 2.26. The van der Waals surface area contributed by atoms with E-state index in [2.05, 4.69) is 27.9 Å². The van der Waals surface area contributed by atoms with Gasteiger partial charge in [0.2, 0.25) is 0 Å². The Morgan fingerprint density at radius 2 is 1.88 bits per heavy atom. The van der Waals surface area contributed by atoms with Crippen molar-refractivity contribution in [3.8, 4) is 11.3 Å². The van der Waals surface area contributed by atoms with Crippen LogP contribution in [0.2, 0.25) is 5.02 Å². The first kappa shape index (κ1) is 30.1. The van der Waals surface area contributed by atoms with Crippen LogP contribution in [0.15, 0.2) is 30.6 Å². The Hall–Kier alpha value is -2.88. The lowest BCUT2D eigenvalue weighted by atomic mass is 9.97. The monoisotopic (exact) mass is 583 g/mol. The third kappa shape index (κ3) is 6.87. The van der Waals surface area contributed by atoms with Crippen LogP contribution in [0.5, 0.6) is 0 Å². The number of nitrogens with zero attached hydrogens (tertiary/aromatic N) is 5. The fourth-order valence-electron chi connectivity index (χ4n) is 5.34. The van der Waals surface area contributed by atoms with Gasteiger partial charge in [-0.2, -0.15) is 0 Å². The number of carboxylic acid groups (broad SMARTS) is 1. The van der Waals surface area contributed by atoms with Gasteiger partial charge in [-0.25, -0.2) is 15.0 Å². The van der Waals surface area contributed by atoms with Crippen molar-refractivity contribution in [2.75, 3.05) is 24.5 Å². The number of carbonyl (C=O) groups excluding carboxylic acids is 1. The molecule has 2 saturated heterocycles. The van der Waals surface area contributed by atoms with Crippen molar-refractivity contribution in [1.82, 2.24) is 19.9 Å². The quantitative estimate of drug-likeness (QED) is 0.308. The number of thiazole rings is 1. The standard InChI is InChI=1S/C29H34ClN5O3S.CH4/c1-18-6-7-21(13-22(18)30)28-25(17-35-10-4-3-5-19(35)2)39-27(33-28)14-24(36)23-15-32-26(16-31-23)34-11-8-20(9-12-34)29(37)38;/h6-7,13,15-16,19-20H,3-5,8-12,14,17H2,1-2H3,(H,37,38);1H4/t19-;/m1./s1. The molecule has 0 unspecified atom stereocenters. The maximum atomic E-state index is 13.2. The van der Waals surface area contributed by atoms with Gasteiger partial charge in [-0.15, -0.1) is 11.3 Å². The number of benzene rings is 1. The van der Waals surface area contributed by atoms with Gasteiger partial charge in [-0.05, 0) is 57.7 Å². The van der Waals surface area contributed by atoms with Crippen molar-refractivity contribution in [2.24, 2.45) is 5.92 Å². The highest BCUT2D eigenvalue weighted by molar-refractivity contribution is 7.12. The first-order valence-electron chi connectivity index (χ1n) is 13.6. The van der Waals surface area contributed by atoms with Crippen molar-refractivity contribution >= 4 is 40.5 Å². The predicted octanol–water partition coefficient (Wildman–Crippen LogP) is 6.30. The average Bonchev–Trinajstić information content (AvgIpc) is 3.33. The van der Waals surface area contributed by atoms with Gasteiger partial charge in [0.15, 0.2) is 5.78 Å². The number of carboxylic acids is 1. The van der Waals surface area contributed by atoms with Gasteiger partial charge in [-0.1, -0.05) is 37.6 Å². The zero-order chi connectivity index (χ0) is 27.5. The number of aliphatic carboxylic acids is 1. The van der Waals surface area contributed by atoms with Crippen LogP contribution >= 0.6 is 22.9 Å². The molecule has 0 radical (unpaired) electrons. The van der Waals surface area contributed by atoms with Gasteiger partial charge < -0.3 is 10.0 Å². The number of piperidine rings is 2. The third-order valence-corrected chi connectivity index (χ3v) is 9.33. The lowest BCUT2D eigenvalue weighted by Gasteiger charge is -2.33. The molecule has 214 valence electrons. The van der Waals surface area contributed by atoms with E-state index < -0.39 is 5.97 Å². The molecule has 1 N–H and O–H groups in total. The van der Waals surface area contributed by atoms with Crippen LogP contribution in [0, 0.1) is 12.8 Å². The lowest BCUT2D eigenvalue weighted by Crippen LogP contribution is -2.36. The van der Waals surface area contributed by atoms with Crippen LogP contribution in [0.4, 0.5) is 5.82 Å². The van der Waals surface area contributed by atoms with Crippen LogP contribution in [0.3, 0.4) is 0 Å². The van der Waals surface area contributed by atoms with E-state index in [0.29, 0.717) is 48.5 Å². The maximum Gasteiger partial charge on any atom is 0.306 e. The van der Waals surface area contributed by atoms with Crippen LogP contribution in [-0.4, -0.2) is 62.4 Å². The number of rotatable bonds is 8. The Kier molecular flexibility index (Phi) is 9.92. The van der Waals surface area contributed by atoms with Crippen molar-refractivity contribution < 1.29 is 14.7 Å². The number of carbonyl (C=O) groups is 2. The molecule has 1 atom stereocenters. The second-order valence-electron chi connectivity index (χ2n) is 10.6. The SMILES string of the molecule is C.Cc1ccc(-c2nc(CC(=O)c3cnc(N4CCC(C(=O)O)CC4)cn3)sc2CN2CCCC[C@H]2C)cc1Cl. The molecule has 2 fully saturated rings. The Labute approximate surface area is 245 Å². The minimum atomic E-state index is -0.744. The largest absolute Gasteiger partial charge is 0.481 e. The molecular weight excluding hydrogens is 546 g/mol. The Morgan fingerprint density at radius 1 is 1.10 bits per heavy atom. The van der Waals surface area contributed by atoms with E-state index >= 15 is 0 Å². The molecule has 0 saturated carbocycles. The summed E-state index contributed by atoms with van der Waals surface area (Å²) >= 11 is 8.05. The highest BCUT2D eigenvalue weighted by atomic mass is 35.5. The summed E-state index contributed by atoms with van der Waals surface area (Å²) in [5, 5.41) is 10.7. The van der Waals surface area contributed by atoms with Gasteiger partial charge in [-0.3, -0.25) is 14.5 Å². The Morgan fingerprint density at radius 3 is 2.52 bits per heavy atom. The van der Waals surface area contributed by atoms with Crippen LogP contribution in [0.1, 0.15) is 72.4 Å². The zero-order valence-electron chi connectivity index (χ0n) is 22.4. The van der Waals surface area contributed by atoms with E-state index in [-0.39, 0.29) is 25.5 Å². The summed E-state index contributed by atoms with van der Waals surface area (Å²) in [6.07, 6.45) is 8.11. The predicted molar refractivity (Wildman–Crippen MR) is 160 cm³/mol. The van der Waals surface area contributed by atoms with Crippen molar-refractivity contribution in [1.29, 1.82) is 0 Å². The Bertz CT molecular complexity index is 1340. The molecule has 0 bridgehead atoms. The van der Waals surface area contributed by atoms with E-state index in [0.717, 1.165) is 39.8 Å². The Balaban J connectivity index is 0.00000370. The summed E-state index contributed by atoms with van der Waals surface area (Å²) in [5.74, 6) is -0.511. The van der Waals surface area contributed by atoms with Crippen molar-refractivity contribution in [3.05, 3.63) is 56.8 Å². The average molecular weight is 584 g/mol. The minimum Gasteiger partial charge on any atom is -0.481 e. The topological polar surface area (TPSA) is 99.5 Å². The molecule has 0 aliphatic carbocycles. The summed E-state index contributed by atoms with van der Waals surface area (Å²) in [6, 6.07) is 6.54. The number of aryl methyl sites for hydroxylation is 1. The second-order valence-corrected chi connectivity index (χ2v) is 12.2. The third-order valence-electron chi connectivity index (χ3n) is 7.88. The minimum absolute atomic E-state index is 0. The number of hydrogen-bond acceptors (Lipinski definition) is 8. The first-order valence-corrected chi connectivity index (χ1v) is 14.8. The smallest absolute Gasteiger partial charge is 0.306 e. The number of ketones is 1. The van der Waals surface area contributed by atoms with Crippen molar-refractivity contribution in [3.63, 3.8) is 0 Å². The molecule has 40 heavy (non-hydrogen) atoms. The van der Waals surface area contributed by atoms with Gasteiger partial charge in [0.1, 0.15) is 16.5 Å². The zero-order valence-corrected chi connectivity index (χ0v) is 24.0. The van der Waals surface area contributed by atoms with Crippen molar-refractivity contribution in [2.45, 2.75) is 72.4 Å². The molecular formula is C30H38ClN5O3S. The van der Waals surface area contributed by atoms with Crippen LogP contribution in [0.25, 0.3) is 11.3 Å². The van der Waals surface area contributed by atoms with E-state index in [9.17, 15) is 14.7 Å². The van der Waals surface area contributed by atoms with E-state index in [4.69, 9.17) is 16.6 Å². The van der Waals surface area contributed by atoms with Gasteiger partial charge in [0.05, 0.1) is 30.4 Å². The maximum absolute atomic E-state index is 13.2. The molecule has 1 aromatic carbocycles. The molecule has 0 spiro atoms. The normalized spacial score (nSPS) is 18.4. The molecule has 0 amide bonds. The van der Waals surface area contributed by atoms with E-state index in [1.807, 2.05) is 24.0 Å². The number of anilines is 1. The number of halogens is 1. The fourth-order valence-corrected chi connectivity index (χ4v) is 6.63. The molecule has 2 aromatic heterocycles. The molecule has 4 heterocycles. The van der Waals surface area contributed by atoms with Crippen LogP contribution in [-0.2, 0) is 17.8 Å². The van der Waals surface area contributed by atoms with E-state index in [1.165, 1.54) is 25.5 Å². The summed E-state index contributed by atoms with van der Waals surface area (Å²) < 4.78 is 0. The van der Waals surface area contributed by atoms with Gasteiger partial charge in [0, 0.05) is 41.1 Å². The summed E-state index contributed by atoms with van der Waals surface area (Å²) in [5.41, 5.74) is 3.19. The van der Waals surface area contributed by atoms with Crippen LogP contribution < -0.4 is 4.90 Å².